The van der Waals surface area contributed by atoms with Crippen LogP contribution < -0.4 is 5.50 Å². The molecule has 0 unspecified atom stereocenters. The summed E-state index contributed by atoms with van der Waals surface area (Å²) in [6.07, 6.45) is 0. The highest BCUT2D eigenvalue weighted by Gasteiger charge is 2.23. The van der Waals surface area contributed by atoms with Gasteiger partial charge in [0, 0.05) is 24.2 Å². The number of hydroxylamine groups is 4. The standard InChI is InChI=1S/C12H30N3O2P/c1-9(2)14(10(3)4)16-18(13)17-15(11(5)6)12(7)8/h9-12H,13H2,1-8H3. The molecule has 0 amide bonds. The average Bonchev–Trinajstić information content (AvgIpc) is 2.20. The number of nitrogens with zero attached hydrogens (tertiary/aromatic N) is 2. The molecule has 0 aliphatic carbocycles. The minimum Gasteiger partial charge on any atom is -0.262 e. The lowest BCUT2D eigenvalue weighted by atomic mass is 10.3. The third kappa shape index (κ3) is 6.41. The predicted octanol–water partition coefficient (Wildman–Crippen LogP) is 3.27. The summed E-state index contributed by atoms with van der Waals surface area (Å²) in [5.74, 6) is 0. The smallest absolute Gasteiger partial charge is 0.262 e. The zero-order valence-electron chi connectivity index (χ0n) is 13.0. The molecule has 0 aliphatic heterocycles. The van der Waals surface area contributed by atoms with Crippen molar-refractivity contribution < 1.29 is 9.25 Å². The molecule has 0 rings (SSSR count). The molecule has 0 heterocycles. The van der Waals surface area contributed by atoms with Gasteiger partial charge in [-0.15, -0.1) is 0 Å². The van der Waals surface area contributed by atoms with Gasteiger partial charge >= 0.3 is 0 Å². The van der Waals surface area contributed by atoms with Crippen LogP contribution in [-0.2, 0) is 9.25 Å². The van der Waals surface area contributed by atoms with Gasteiger partial charge in [0.15, 0.2) is 0 Å². The van der Waals surface area contributed by atoms with Crippen molar-refractivity contribution in [3.05, 3.63) is 0 Å². The van der Waals surface area contributed by atoms with E-state index in [2.05, 4.69) is 55.4 Å². The molecule has 18 heavy (non-hydrogen) atoms. The lowest BCUT2D eigenvalue weighted by Gasteiger charge is -2.34. The van der Waals surface area contributed by atoms with Crippen molar-refractivity contribution >= 4 is 8.53 Å². The first-order valence-corrected chi connectivity index (χ1v) is 7.89. The summed E-state index contributed by atoms with van der Waals surface area (Å²) in [5.41, 5.74) is 5.96. The van der Waals surface area contributed by atoms with Gasteiger partial charge in [-0.2, -0.15) is 10.1 Å². The maximum absolute atomic E-state index is 5.96. The molecule has 0 fully saturated rings. The maximum atomic E-state index is 5.96. The van der Waals surface area contributed by atoms with E-state index in [1.165, 1.54) is 0 Å². The van der Waals surface area contributed by atoms with Crippen LogP contribution in [0.3, 0.4) is 0 Å². The molecule has 110 valence electrons. The fourth-order valence-corrected chi connectivity index (χ4v) is 2.93. The third-order valence-corrected chi connectivity index (χ3v) is 3.08. The van der Waals surface area contributed by atoms with E-state index >= 15 is 0 Å². The second kappa shape index (κ2) is 8.41. The third-order valence-electron chi connectivity index (χ3n) is 2.39. The summed E-state index contributed by atoms with van der Waals surface area (Å²) in [5, 5.41) is 3.76. The Balaban J connectivity index is 4.42. The van der Waals surface area contributed by atoms with Crippen LogP contribution in [0, 0.1) is 0 Å². The lowest BCUT2D eigenvalue weighted by Crippen LogP contribution is -2.39. The van der Waals surface area contributed by atoms with Crippen LogP contribution in [0.25, 0.3) is 0 Å². The summed E-state index contributed by atoms with van der Waals surface area (Å²) < 4.78 is 11.4. The predicted molar refractivity (Wildman–Crippen MR) is 77.5 cm³/mol. The lowest BCUT2D eigenvalue weighted by molar-refractivity contribution is -0.157. The topological polar surface area (TPSA) is 51.0 Å². The number of rotatable bonds is 8. The van der Waals surface area contributed by atoms with E-state index in [4.69, 9.17) is 14.8 Å². The zero-order chi connectivity index (χ0) is 14.5. The van der Waals surface area contributed by atoms with Gasteiger partial charge in [-0.1, -0.05) is 0 Å². The van der Waals surface area contributed by atoms with Crippen LogP contribution in [0.2, 0.25) is 0 Å². The van der Waals surface area contributed by atoms with Crippen molar-refractivity contribution in [2.45, 2.75) is 79.6 Å². The van der Waals surface area contributed by atoms with Gasteiger partial charge in [0.25, 0.3) is 8.53 Å². The number of nitrogens with two attached hydrogens (primary N) is 1. The highest BCUT2D eigenvalue weighted by molar-refractivity contribution is 7.44. The van der Waals surface area contributed by atoms with Crippen molar-refractivity contribution in [1.29, 1.82) is 0 Å². The van der Waals surface area contributed by atoms with Gasteiger partial charge in [-0.25, -0.2) is 9.25 Å². The Morgan fingerprint density at radius 1 is 0.667 bits per heavy atom. The molecule has 0 bridgehead atoms. The maximum Gasteiger partial charge on any atom is 0.289 e. The van der Waals surface area contributed by atoms with Crippen molar-refractivity contribution in [2.24, 2.45) is 5.50 Å². The Bertz CT molecular complexity index is 187. The average molecular weight is 279 g/mol. The SMILES string of the molecule is CC(C)N(OP(N)ON(C(C)C)C(C)C)C(C)C. The Kier molecular flexibility index (Phi) is 8.52. The van der Waals surface area contributed by atoms with E-state index in [-0.39, 0.29) is 24.2 Å². The molecule has 0 aromatic heterocycles. The quantitative estimate of drug-likeness (QED) is 0.546. The monoisotopic (exact) mass is 279 g/mol. The van der Waals surface area contributed by atoms with E-state index in [1.54, 1.807) is 0 Å². The first-order chi connectivity index (χ1) is 8.16. The summed E-state index contributed by atoms with van der Waals surface area (Å²) in [4.78, 5) is 0. The molecular formula is C12H30N3O2P. The van der Waals surface area contributed by atoms with Gasteiger partial charge in [-0.05, 0) is 55.4 Å². The van der Waals surface area contributed by atoms with Crippen LogP contribution in [0.15, 0.2) is 0 Å². The number of hydrogen-bond acceptors (Lipinski definition) is 5. The van der Waals surface area contributed by atoms with E-state index < -0.39 is 8.53 Å². The Labute approximate surface area is 113 Å². The van der Waals surface area contributed by atoms with Gasteiger partial charge in [-0.3, -0.25) is 5.50 Å². The minimum atomic E-state index is -1.44. The normalized spacial score (nSPS) is 13.3. The molecule has 0 aromatic rings. The minimum absolute atomic E-state index is 0.272. The summed E-state index contributed by atoms with van der Waals surface area (Å²) in [6, 6.07) is 1.09. The summed E-state index contributed by atoms with van der Waals surface area (Å²) in [7, 11) is -1.44. The van der Waals surface area contributed by atoms with Crippen LogP contribution >= 0.6 is 8.53 Å². The molecule has 6 heteroatoms. The Hall–Kier alpha value is 0.230. The molecule has 0 saturated carbocycles. The van der Waals surface area contributed by atoms with Gasteiger partial charge in [0.2, 0.25) is 0 Å². The first kappa shape index (κ1) is 18.2. The van der Waals surface area contributed by atoms with Crippen molar-refractivity contribution in [2.75, 3.05) is 0 Å². The van der Waals surface area contributed by atoms with Crippen molar-refractivity contribution in [3.63, 3.8) is 0 Å². The molecule has 2 N–H and O–H groups in total. The second-order valence-electron chi connectivity index (χ2n) is 5.54. The zero-order valence-corrected chi connectivity index (χ0v) is 13.9. The molecule has 0 spiro atoms. The van der Waals surface area contributed by atoms with Crippen molar-refractivity contribution in [1.82, 2.24) is 10.1 Å². The van der Waals surface area contributed by atoms with Crippen LogP contribution in [0.4, 0.5) is 0 Å². The van der Waals surface area contributed by atoms with Gasteiger partial charge in [0.05, 0.1) is 0 Å². The first-order valence-electron chi connectivity index (χ1n) is 6.64. The van der Waals surface area contributed by atoms with Crippen LogP contribution in [0.5, 0.6) is 0 Å². The Morgan fingerprint density at radius 3 is 1.06 bits per heavy atom. The summed E-state index contributed by atoms with van der Waals surface area (Å²) >= 11 is 0. The second-order valence-corrected chi connectivity index (χ2v) is 6.44. The largest absolute Gasteiger partial charge is 0.289 e. The van der Waals surface area contributed by atoms with Gasteiger partial charge < -0.3 is 0 Å². The highest BCUT2D eigenvalue weighted by Crippen LogP contribution is 2.34. The van der Waals surface area contributed by atoms with Crippen LogP contribution in [0.1, 0.15) is 55.4 Å². The molecule has 0 saturated heterocycles. The molecule has 0 radical (unpaired) electrons. The Morgan fingerprint density at radius 2 is 0.889 bits per heavy atom. The summed E-state index contributed by atoms with van der Waals surface area (Å²) in [6.45, 7) is 16.6. The molecule has 5 nitrogen and oxygen atoms in total. The molecule has 0 aromatic carbocycles. The number of hydrogen-bond donors (Lipinski definition) is 1. The molecule has 0 atom stereocenters. The van der Waals surface area contributed by atoms with Crippen molar-refractivity contribution in [3.8, 4) is 0 Å². The molecule has 0 aliphatic rings. The van der Waals surface area contributed by atoms with Gasteiger partial charge in [0.1, 0.15) is 0 Å². The van der Waals surface area contributed by atoms with E-state index in [9.17, 15) is 0 Å². The molecular weight excluding hydrogens is 249 g/mol. The van der Waals surface area contributed by atoms with E-state index in [1.807, 2.05) is 10.1 Å². The fourth-order valence-electron chi connectivity index (χ4n) is 1.77. The van der Waals surface area contributed by atoms with E-state index in [0.29, 0.717) is 0 Å². The highest BCUT2D eigenvalue weighted by atomic mass is 31.2. The fraction of sp³-hybridized carbons (Fsp3) is 1.00. The van der Waals surface area contributed by atoms with Crippen LogP contribution in [-0.4, -0.2) is 34.3 Å². The van der Waals surface area contributed by atoms with E-state index in [0.717, 1.165) is 0 Å².